The molecule has 10 nitrogen and oxygen atoms in total. The van der Waals surface area contributed by atoms with Gasteiger partial charge in [-0.25, -0.2) is 0 Å². The van der Waals surface area contributed by atoms with Gasteiger partial charge in [0.15, 0.2) is 0 Å². The zero-order valence-electron chi connectivity index (χ0n) is 7.59. The molecule has 0 amide bonds. The van der Waals surface area contributed by atoms with Gasteiger partial charge in [0.05, 0.1) is 11.8 Å². The Bertz CT molecular complexity index is 532. The fraction of sp³-hybridized carbons (Fsp3) is 0. The van der Waals surface area contributed by atoms with E-state index in [2.05, 4.69) is 20.1 Å². The van der Waals surface area contributed by atoms with Crippen LogP contribution in [-0.2, 0) is 0 Å². The summed E-state index contributed by atoms with van der Waals surface area (Å²) in [6.07, 6.45) is 0.891. The summed E-state index contributed by atoms with van der Waals surface area (Å²) in [6.45, 7) is 0. The third-order valence-corrected chi connectivity index (χ3v) is 1.41. The molecule has 0 spiro atoms. The first-order valence-electron chi connectivity index (χ1n) is 3.73. The van der Waals surface area contributed by atoms with E-state index in [0.29, 0.717) is 0 Å². The van der Waals surface area contributed by atoms with Crippen LogP contribution in [0.1, 0.15) is 5.76 Å². The van der Waals surface area contributed by atoms with Gasteiger partial charge in [-0.3, -0.25) is 10.1 Å². The average molecular weight is 221 g/mol. The monoisotopic (exact) mass is 221 g/mol. The molecule has 16 heavy (non-hydrogen) atoms. The Balaban J connectivity index is 3.16. The van der Waals surface area contributed by atoms with Crippen molar-refractivity contribution in [3.05, 3.63) is 55.1 Å². The van der Waals surface area contributed by atoms with Crippen LogP contribution >= 0.6 is 0 Å². The minimum Gasteiger partial charge on any atom is -0.401 e. The van der Waals surface area contributed by atoms with Gasteiger partial charge < -0.3 is 4.42 Å². The van der Waals surface area contributed by atoms with Gasteiger partial charge >= 0.3 is 5.88 Å². The summed E-state index contributed by atoms with van der Waals surface area (Å²) in [5.74, 6) is -0.563. The largest absolute Gasteiger partial charge is 0.433 e. The van der Waals surface area contributed by atoms with Crippen LogP contribution in [-0.4, -0.2) is 4.92 Å². The molecule has 10 heteroatoms. The Hall–Kier alpha value is -2.96. The average Bonchev–Trinajstić information content (AvgIpc) is 2.73. The molecule has 0 N–H and O–H groups in total. The van der Waals surface area contributed by atoms with Gasteiger partial charge in [-0.15, -0.1) is 0 Å². The molecule has 0 bridgehead atoms. The fourth-order valence-corrected chi connectivity index (χ4v) is 0.831. The van der Waals surface area contributed by atoms with Crippen LogP contribution in [0, 0.1) is 10.1 Å². The molecule has 0 saturated carbocycles. The predicted molar refractivity (Wildman–Crippen MR) is 51.6 cm³/mol. The number of rotatable bonds is 4. The van der Waals surface area contributed by atoms with E-state index in [1.165, 1.54) is 6.07 Å². The number of nitro groups is 1. The maximum absolute atomic E-state index is 10.3. The topological polar surface area (TPSA) is 154 Å². The van der Waals surface area contributed by atoms with Crippen LogP contribution < -0.4 is 0 Å². The van der Waals surface area contributed by atoms with Crippen molar-refractivity contribution in [2.75, 3.05) is 0 Å². The van der Waals surface area contributed by atoms with Crippen LogP contribution in [0.4, 0.5) is 5.88 Å². The number of azide groups is 2. The predicted octanol–water partition coefficient (Wildman–Crippen LogP) is 3.11. The third-order valence-electron chi connectivity index (χ3n) is 1.41. The molecule has 0 aliphatic rings. The van der Waals surface area contributed by atoms with Gasteiger partial charge in [-0.1, -0.05) is 10.2 Å². The van der Waals surface area contributed by atoms with E-state index in [1.54, 1.807) is 0 Å². The highest BCUT2D eigenvalue weighted by Gasteiger charge is 2.13. The minimum absolute atomic E-state index is 0.0584. The Morgan fingerprint density at radius 2 is 2.25 bits per heavy atom. The van der Waals surface area contributed by atoms with Crippen molar-refractivity contribution >= 4 is 11.6 Å². The Morgan fingerprint density at radius 1 is 1.50 bits per heavy atom. The van der Waals surface area contributed by atoms with Crippen molar-refractivity contribution in [2.45, 2.75) is 0 Å². The molecule has 0 aliphatic carbocycles. The number of nitrogens with zero attached hydrogens (tertiary/aromatic N) is 7. The molecule has 1 heterocycles. The van der Waals surface area contributed by atoms with E-state index < -0.39 is 10.8 Å². The van der Waals surface area contributed by atoms with Crippen LogP contribution in [0.15, 0.2) is 33.0 Å². The summed E-state index contributed by atoms with van der Waals surface area (Å²) < 4.78 is 4.74. The van der Waals surface area contributed by atoms with E-state index >= 15 is 0 Å². The summed E-state index contributed by atoms with van der Waals surface area (Å²) in [5.41, 5.74) is 16.1. The van der Waals surface area contributed by atoms with Gasteiger partial charge in [0.1, 0.15) is 10.7 Å². The smallest absolute Gasteiger partial charge is 0.401 e. The van der Waals surface area contributed by atoms with Gasteiger partial charge in [0, 0.05) is 16.0 Å². The summed E-state index contributed by atoms with van der Waals surface area (Å²) in [4.78, 5) is 14.4. The van der Waals surface area contributed by atoms with E-state index in [-0.39, 0.29) is 11.5 Å². The quantitative estimate of drug-likeness (QED) is 0.252. The molecule has 0 fully saturated rings. The number of furan rings is 1. The second-order valence-electron chi connectivity index (χ2n) is 2.30. The third kappa shape index (κ3) is 2.51. The van der Waals surface area contributed by atoms with Crippen molar-refractivity contribution in [1.82, 2.24) is 0 Å². The first-order valence-corrected chi connectivity index (χ1v) is 3.73. The van der Waals surface area contributed by atoms with E-state index in [9.17, 15) is 10.1 Å². The minimum atomic E-state index is -0.745. The van der Waals surface area contributed by atoms with E-state index in [4.69, 9.17) is 15.5 Å². The highest BCUT2D eigenvalue weighted by Crippen LogP contribution is 2.23. The van der Waals surface area contributed by atoms with Crippen LogP contribution in [0.3, 0.4) is 0 Å². The molecule has 1 aromatic rings. The molecule has 1 rings (SSSR count). The van der Waals surface area contributed by atoms with Crippen molar-refractivity contribution in [1.29, 1.82) is 0 Å². The molecule has 0 aliphatic heterocycles. The van der Waals surface area contributed by atoms with E-state index in [0.717, 1.165) is 12.3 Å². The Labute approximate surface area is 87.2 Å². The second kappa shape index (κ2) is 5.05. The van der Waals surface area contributed by atoms with Gasteiger partial charge in [0.2, 0.25) is 0 Å². The Morgan fingerprint density at radius 3 is 2.75 bits per heavy atom. The lowest BCUT2D eigenvalue weighted by atomic mass is 10.4. The summed E-state index contributed by atoms with van der Waals surface area (Å²) >= 11 is 0. The van der Waals surface area contributed by atoms with Gasteiger partial charge in [-0.2, -0.15) is 0 Å². The van der Waals surface area contributed by atoms with Crippen molar-refractivity contribution in [3.8, 4) is 0 Å². The molecule has 80 valence electrons. The molecular formula is C6H3N7O3. The lowest BCUT2D eigenvalue weighted by Gasteiger charge is -1.90. The van der Waals surface area contributed by atoms with Crippen LogP contribution in [0.5, 0.6) is 0 Å². The maximum atomic E-state index is 10.3. The normalized spacial score (nSPS) is 10.1. The van der Waals surface area contributed by atoms with Crippen molar-refractivity contribution in [3.63, 3.8) is 0 Å². The molecule has 0 saturated heterocycles. The summed E-state index contributed by atoms with van der Waals surface area (Å²) in [6, 6.07) is 2.32. The molecule has 0 unspecified atom stereocenters. The maximum Gasteiger partial charge on any atom is 0.433 e. The molecule has 0 atom stereocenters. The van der Waals surface area contributed by atoms with Crippen molar-refractivity contribution < 1.29 is 9.34 Å². The first kappa shape index (κ1) is 11.1. The van der Waals surface area contributed by atoms with Crippen molar-refractivity contribution in [2.24, 2.45) is 10.2 Å². The summed E-state index contributed by atoms with van der Waals surface area (Å²) in [5, 5.41) is 16.5. The lowest BCUT2D eigenvalue weighted by molar-refractivity contribution is -0.402. The summed E-state index contributed by atoms with van der Waals surface area (Å²) in [7, 11) is 0. The van der Waals surface area contributed by atoms with E-state index in [1.807, 2.05) is 0 Å². The molecule has 0 aromatic carbocycles. The first-order chi connectivity index (χ1) is 7.69. The van der Waals surface area contributed by atoms with Gasteiger partial charge in [0.25, 0.3) is 0 Å². The molecule has 1 aromatic heterocycles. The number of hydrogen-bond acceptors (Lipinski definition) is 5. The van der Waals surface area contributed by atoms with Crippen LogP contribution in [0.25, 0.3) is 26.6 Å². The zero-order valence-corrected chi connectivity index (χ0v) is 7.59. The lowest BCUT2D eigenvalue weighted by Crippen LogP contribution is -1.83. The highest BCUT2D eigenvalue weighted by molar-refractivity contribution is 5.60. The van der Waals surface area contributed by atoms with Gasteiger partial charge in [-0.05, 0) is 17.1 Å². The highest BCUT2D eigenvalue weighted by atomic mass is 16.6. The zero-order chi connectivity index (χ0) is 12.0. The second-order valence-corrected chi connectivity index (χ2v) is 2.30. The number of hydrogen-bond donors (Lipinski definition) is 0. The molecule has 0 radical (unpaired) electrons. The molecular weight excluding hydrogens is 218 g/mol. The fourth-order valence-electron chi connectivity index (χ4n) is 0.831. The Kier molecular flexibility index (Phi) is 3.51. The standard InChI is InChI=1S/C6H3N7O3/c7-11-9-3-4(10-12-8)5-1-2-6(16-5)13(14)15/h1-3H. The SMILES string of the molecule is [N-]=[N+]=NC=C(N=[N+]=[N-])c1ccc([N+](=O)[O-])o1. The van der Waals surface area contributed by atoms with Crippen LogP contribution in [0.2, 0.25) is 0 Å².